The average Bonchev–Trinajstić information content (AvgIpc) is 3.14. The highest BCUT2D eigenvalue weighted by Gasteiger charge is 2.30. The number of aromatic amines is 1. The molecular formula is C19H24ClN3O. The number of amides is 1. The van der Waals surface area contributed by atoms with E-state index in [0.717, 1.165) is 62.4 Å². The number of hydrogen-bond donors (Lipinski definition) is 1. The van der Waals surface area contributed by atoms with Gasteiger partial charge in [-0.15, -0.1) is 0 Å². The van der Waals surface area contributed by atoms with Crippen LogP contribution in [-0.4, -0.2) is 46.4 Å². The molecule has 0 atom stereocenters. The molecular weight excluding hydrogens is 322 g/mol. The largest absolute Gasteiger partial charge is 0.356 e. The Morgan fingerprint density at radius 3 is 2.71 bits per heavy atom. The number of benzene rings is 1. The zero-order valence-electron chi connectivity index (χ0n) is 14.1. The SMILES string of the molecule is Cc1c(CN2CCC(N3CCCC3=O)CC2)[nH]c2c(Cl)cccc12. The first kappa shape index (κ1) is 16.0. The summed E-state index contributed by atoms with van der Waals surface area (Å²) >= 11 is 6.31. The van der Waals surface area contributed by atoms with Gasteiger partial charge < -0.3 is 9.88 Å². The summed E-state index contributed by atoms with van der Waals surface area (Å²) in [4.78, 5) is 20.0. The van der Waals surface area contributed by atoms with Gasteiger partial charge in [0.15, 0.2) is 0 Å². The molecule has 2 fully saturated rings. The van der Waals surface area contributed by atoms with Crippen molar-refractivity contribution in [3.63, 3.8) is 0 Å². The molecule has 4 nitrogen and oxygen atoms in total. The number of aryl methyl sites for hydroxylation is 1. The maximum atomic E-state index is 11.9. The predicted molar refractivity (Wildman–Crippen MR) is 97.3 cm³/mol. The van der Waals surface area contributed by atoms with Gasteiger partial charge >= 0.3 is 0 Å². The van der Waals surface area contributed by atoms with Crippen LogP contribution in [0.3, 0.4) is 0 Å². The van der Waals surface area contributed by atoms with Crippen molar-refractivity contribution in [2.75, 3.05) is 19.6 Å². The fourth-order valence-corrected chi connectivity index (χ4v) is 4.42. The molecule has 0 unspecified atom stereocenters. The molecule has 0 aliphatic carbocycles. The molecule has 128 valence electrons. The van der Waals surface area contributed by atoms with Crippen LogP contribution in [0.1, 0.15) is 36.9 Å². The molecule has 2 aromatic rings. The maximum absolute atomic E-state index is 11.9. The fourth-order valence-electron chi connectivity index (χ4n) is 4.20. The van der Waals surface area contributed by atoms with Gasteiger partial charge in [-0.2, -0.15) is 0 Å². The fraction of sp³-hybridized carbons (Fsp3) is 0.526. The van der Waals surface area contributed by atoms with E-state index in [9.17, 15) is 4.79 Å². The second kappa shape index (κ2) is 6.41. The van der Waals surface area contributed by atoms with E-state index in [1.54, 1.807) is 0 Å². The second-order valence-corrected chi connectivity index (χ2v) is 7.50. The van der Waals surface area contributed by atoms with Crippen LogP contribution in [0.25, 0.3) is 10.9 Å². The van der Waals surface area contributed by atoms with Gasteiger partial charge in [-0.05, 0) is 37.8 Å². The summed E-state index contributed by atoms with van der Waals surface area (Å²) in [6, 6.07) is 6.52. The van der Waals surface area contributed by atoms with E-state index >= 15 is 0 Å². The van der Waals surface area contributed by atoms with Crippen molar-refractivity contribution in [1.82, 2.24) is 14.8 Å². The number of nitrogens with zero attached hydrogens (tertiary/aromatic N) is 2. The number of fused-ring (bicyclic) bond motifs is 1. The molecule has 3 heterocycles. The van der Waals surface area contributed by atoms with Crippen molar-refractivity contribution in [2.24, 2.45) is 0 Å². The van der Waals surface area contributed by atoms with Crippen molar-refractivity contribution >= 4 is 28.4 Å². The first-order valence-electron chi connectivity index (χ1n) is 8.91. The molecule has 24 heavy (non-hydrogen) atoms. The molecule has 2 aliphatic heterocycles. The zero-order valence-corrected chi connectivity index (χ0v) is 14.9. The first-order chi connectivity index (χ1) is 11.6. The number of nitrogens with one attached hydrogen (secondary N) is 1. The summed E-state index contributed by atoms with van der Waals surface area (Å²) in [5.41, 5.74) is 3.60. The lowest BCUT2D eigenvalue weighted by Gasteiger charge is -2.36. The van der Waals surface area contributed by atoms with Crippen molar-refractivity contribution in [2.45, 2.75) is 45.2 Å². The van der Waals surface area contributed by atoms with Crippen LogP contribution in [-0.2, 0) is 11.3 Å². The van der Waals surface area contributed by atoms with Crippen molar-refractivity contribution in [1.29, 1.82) is 0 Å². The number of para-hydroxylation sites is 1. The minimum atomic E-state index is 0.356. The lowest BCUT2D eigenvalue weighted by atomic mass is 10.0. The summed E-state index contributed by atoms with van der Waals surface area (Å²) in [5, 5.41) is 2.00. The molecule has 0 saturated carbocycles. The number of halogens is 1. The minimum Gasteiger partial charge on any atom is -0.356 e. The number of hydrogen-bond acceptors (Lipinski definition) is 2. The Morgan fingerprint density at radius 1 is 1.25 bits per heavy atom. The van der Waals surface area contributed by atoms with Crippen molar-refractivity contribution in [3.05, 3.63) is 34.5 Å². The molecule has 1 amide bonds. The van der Waals surface area contributed by atoms with Gasteiger partial charge in [0.1, 0.15) is 0 Å². The molecule has 0 bridgehead atoms. The van der Waals surface area contributed by atoms with E-state index in [0.29, 0.717) is 11.9 Å². The van der Waals surface area contributed by atoms with Crippen LogP contribution in [0.4, 0.5) is 0 Å². The van der Waals surface area contributed by atoms with E-state index in [1.165, 1.54) is 16.6 Å². The topological polar surface area (TPSA) is 39.3 Å². The Hall–Kier alpha value is -1.52. The monoisotopic (exact) mass is 345 g/mol. The molecule has 1 aromatic heterocycles. The number of likely N-dealkylation sites (tertiary alicyclic amines) is 2. The highest BCUT2D eigenvalue weighted by molar-refractivity contribution is 6.35. The predicted octanol–water partition coefficient (Wildman–Crippen LogP) is 3.72. The number of rotatable bonds is 3. The highest BCUT2D eigenvalue weighted by Crippen LogP contribution is 2.29. The average molecular weight is 346 g/mol. The third-order valence-electron chi connectivity index (χ3n) is 5.64. The smallest absolute Gasteiger partial charge is 0.222 e. The third-order valence-corrected chi connectivity index (χ3v) is 5.95. The number of carbonyl (C=O) groups excluding carboxylic acids is 1. The standard InChI is InChI=1S/C19H24ClN3O/c1-13-15-4-2-5-16(20)19(15)21-17(13)12-22-10-7-14(8-11-22)23-9-3-6-18(23)24/h2,4-5,14,21H,3,6-12H2,1H3. The molecule has 2 aliphatic rings. The molecule has 4 rings (SSSR count). The Bertz CT molecular complexity index is 761. The van der Waals surface area contributed by atoms with E-state index in [-0.39, 0.29) is 0 Å². The number of H-pyrrole nitrogens is 1. The number of piperidine rings is 1. The van der Waals surface area contributed by atoms with Crippen LogP contribution < -0.4 is 0 Å². The van der Waals surface area contributed by atoms with Crippen LogP contribution >= 0.6 is 11.6 Å². The molecule has 0 spiro atoms. The zero-order chi connectivity index (χ0) is 16.7. The van der Waals surface area contributed by atoms with Gasteiger partial charge in [0.05, 0.1) is 10.5 Å². The lowest BCUT2D eigenvalue weighted by molar-refractivity contribution is -0.130. The van der Waals surface area contributed by atoms with Crippen molar-refractivity contribution < 1.29 is 4.79 Å². The normalized spacial score (nSPS) is 20.4. The van der Waals surface area contributed by atoms with E-state index in [1.807, 2.05) is 12.1 Å². The second-order valence-electron chi connectivity index (χ2n) is 7.09. The van der Waals surface area contributed by atoms with E-state index in [4.69, 9.17) is 11.6 Å². The molecule has 5 heteroatoms. The highest BCUT2D eigenvalue weighted by atomic mass is 35.5. The summed E-state index contributed by atoms with van der Waals surface area (Å²) in [6.07, 6.45) is 3.96. The Balaban J connectivity index is 1.43. The molecule has 1 aromatic carbocycles. The Morgan fingerprint density at radius 2 is 2.04 bits per heavy atom. The maximum Gasteiger partial charge on any atom is 0.222 e. The summed E-state index contributed by atoms with van der Waals surface area (Å²) in [7, 11) is 0. The van der Waals surface area contributed by atoms with Crippen LogP contribution in [0.2, 0.25) is 5.02 Å². The van der Waals surface area contributed by atoms with Gasteiger partial charge in [-0.1, -0.05) is 23.7 Å². The third kappa shape index (κ3) is 2.82. The van der Waals surface area contributed by atoms with Crippen LogP contribution in [0, 0.1) is 6.92 Å². The lowest BCUT2D eigenvalue weighted by Crippen LogP contribution is -2.45. The van der Waals surface area contributed by atoms with Gasteiger partial charge in [-0.3, -0.25) is 9.69 Å². The number of aromatic nitrogens is 1. The first-order valence-corrected chi connectivity index (χ1v) is 9.29. The molecule has 0 radical (unpaired) electrons. The molecule has 1 N–H and O–H groups in total. The summed E-state index contributed by atoms with van der Waals surface area (Å²) in [6.45, 7) is 6.16. The van der Waals surface area contributed by atoms with Crippen molar-refractivity contribution in [3.8, 4) is 0 Å². The van der Waals surface area contributed by atoms with Crippen LogP contribution in [0.15, 0.2) is 18.2 Å². The van der Waals surface area contributed by atoms with Gasteiger partial charge in [0.25, 0.3) is 0 Å². The summed E-state index contributed by atoms with van der Waals surface area (Å²) < 4.78 is 0. The summed E-state index contributed by atoms with van der Waals surface area (Å²) in [5.74, 6) is 0.356. The minimum absolute atomic E-state index is 0.356. The Labute approximate surface area is 147 Å². The van der Waals surface area contributed by atoms with Gasteiger partial charge in [0, 0.05) is 49.7 Å². The van der Waals surface area contributed by atoms with Gasteiger partial charge in [0.2, 0.25) is 5.91 Å². The van der Waals surface area contributed by atoms with Crippen LogP contribution in [0.5, 0.6) is 0 Å². The number of carbonyl (C=O) groups is 1. The Kier molecular flexibility index (Phi) is 4.27. The molecule has 2 saturated heterocycles. The van der Waals surface area contributed by atoms with E-state index < -0.39 is 0 Å². The quantitative estimate of drug-likeness (QED) is 0.921. The van der Waals surface area contributed by atoms with Gasteiger partial charge in [-0.25, -0.2) is 0 Å². The van der Waals surface area contributed by atoms with E-state index in [2.05, 4.69) is 27.8 Å².